The van der Waals surface area contributed by atoms with Gasteiger partial charge in [-0.25, -0.2) is 0 Å². The maximum atomic E-state index is 2.54. The molecule has 0 heterocycles. The van der Waals surface area contributed by atoms with Gasteiger partial charge in [0.2, 0.25) is 0 Å². The molecule has 0 radical (unpaired) electrons. The molecule has 0 amide bonds. The van der Waals surface area contributed by atoms with E-state index in [1.807, 2.05) is 0 Å². The standard InChI is InChI=1S/C22H28/c1-15-11-12-16(13-15)22(5,6)20-14-19(21(2,3)4)17-9-7-8-10-18(17)20/h7-12,14,20H,13H2,1-6H3. The van der Waals surface area contributed by atoms with Crippen LogP contribution < -0.4 is 0 Å². The van der Waals surface area contributed by atoms with Gasteiger partial charge in [-0.15, -0.1) is 0 Å². The molecule has 0 bridgehead atoms. The van der Waals surface area contributed by atoms with Crippen molar-refractivity contribution in [3.05, 3.63) is 64.8 Å². The Balaban J connectivity index is 2.06. The first-order valence-corrected chi connectivity index (χ1v) is 8.39. The summed E-state index contributed by atoms with van der Waals surface area (Å²) < 4.78 is 0. The molecular weight excluding hydrogens is 264 g/mol. The van der Waals surface area contributed by atoms with Gasteiger partial charge in [-0.1, -0.05) is 88.3 Å². The summed E-state index contributed by atoms with van der Waals surface area (Å²) in [5, 5.41) is 0. The summed E-state index contributed by atoms with van der Waals surface area (Å²) in [6, 6.07) is 8.99. The highest BCUT2D eigenvalue weighted by atomic mass is 14.4. The van der Waals surface area contributed by atoms with Crippen LogP contribution in [-0.4, -0.2) is 0 Å². The highest BCUT2D eigenvalue weighted by Crippen LogP contribution is 2.54. The molecule has 0 heteroatoms. The van der Waals surface area contributed by atoms with E-state index in [1.165, 1.54) is 22.3 Å². The lowest BCUT2D eigenvalue weighted by Crippen LogP contribution is -2.22. The fourth-order valence-corrected chi connectivity index (χ4v) is 3.91. The molecule has 1 atom stereocenters. The van der Waals surface area contributed by atoms with Gasteiger partial charge in [-0.05, 0) is 40.9 Å². The summed E-state index contributed by atoms with van der Waals surface area (Å²) >= 11 is 0. The van der Waals surface area contributed by atoms with Crippen molar-refractivity contribution in [3.63, 3.8) is 0 Å². The topological polar surface area (TPSA) is 0 Å². The Morgan fingerprint density at radius 3 is 2.23 bits per heavy atom. The van der Waals surface area contributed by atoms with Crippen LogP contribution in [0.25, 0.3) is 5.57 Å². The van der Waals surface area contributed by atoms with E-state index in [0.717, 1.165) is 6.42 Å². The Bertz CT molecular complexity index is 687. The third-order valence-electron chi connectivity index (χ3n) is 5.37. The third-order valence-corrected chi connectivity index (χ3v) is 5.37. The summed E-state index contributed by atoms with van der Waals surface area (Å²) in [5.41, 5.74) is 7.87. The lowest BCUT2D eigenvalue weighted by Gasteiger charge is -2.33. The molecule has 2 aliphatic carbocycles. The summed E-state index contributed by atoms with van der Waals surface area (Å²) in [6.45, 7) is 14.0. The minimum atomic E-state index is 0.164. The predicted molar refractivity (Wildman–Crippen MR) is 96.9 cm³/mol. The average molecular weight is 292 g/mol. The van der Waals surface area contributed by atoms with Gasteiger partial charge < -0.3 is 0 Å². The van der Waals surface area contributed by atoms with Crippen LogP contribution in [0, 0.1) is 10.8 Å². The van der Waals surface area contributed by atoms with E-state index in [1.54, 1.807) is 5.57 Å². The first kappa shape index (κ1) is 15.3. The average Bonchev–Trinajstić information content (AvgIpc) is 3.02. The van der Waals surface area contributed by atoms with Gasteiger partial charge >= 0.3 is 0 Å². The monoisotopic (exact) mass is 292 g/mol. The fourth-order valence-electron chi connectivity index (χ4n) is 3.91. The molecule has 116 valence electrons. The van der Waals surface area contributed by atoms with Gasteiger partial charge in [-0.2, -0.15) is 0 Å². The maximum Gasteiger partial charge on any atom is 0.0119 e. The minimum absolute atomic E-state index is 0.164. The third kappa shape index (κ3) is 2.39. The molecule has 0 saturated heterocycles. The van der Waals surface area contributed by atoms with Crippen LogP contribution in [0.1, 0.15) is 65.0 Å². The van der Waals surface area contributed by atoms with Crippen LogP contribution in [-0.2, 0) is 0 Å². The van der Waals surface area contributed by atoms with Crippen molar-refractivity contribution in [2.75, 3.05) is 0 Å². The van der Waals surface area contributed by atoms with Crippen molar-refractivity contribution in [2.24, 2.45) is 10.8 Å². The van der Waals surface area contributed by atoms with Crippen molar-refractivity contribution in [1.29, 1.82) is 0 Å². The van der Waals surface area contributed by atoms with Crippen LogP contribution in [0.3, 0.4) is 0 Å². The first-order chi connectivity index (χ1) is 10.2. The second kappa shape index (κ2) is 4.98. The van der Waals surface area contributed by atoms with Crippen molar-refractivity contribution < 1.29 is 0 Å². The smallest absolute Gasteiger partial charge is 0.0119 e. The molecule has 0 fully saturated rings. The Morgan fingerprint density at radius 2 is 1.64 bits per heavy atom. The molecule has 0 saturated carbocycles. The highest BCUT2D eigenvalue weighted by Gasteiger charge is 2.40. The molecule has 0 aliphatic heterocycles. The number of fused-ring (bicyclic) bond motifs is 1. The lowest BCUT2D eigenvalue weighted by molar-refractivity contribution is 0.393. The minimum Gasteiger partial charge on any atom is -0.0718 e. The van der Waals surface area contributed by atoms with Gasteiger partial charge in [0, 0.05) is 5.92 Å². The molecule has 0 spiro atoms. The molecule has 0 aromatic heterocycles. The lowest BCUT2D eigenvalue weighted by atomic mass is 9.70. The maximum absolute atomic E-state index is 2.54. The normalized spacial score (nSPS) is 21.4. The van der Waals surface area contributed by atoms with Crippen molar-refractivity contribution >= 4 is 5.57 Å². The van der Waals surface area contributed by atoms with E-state index < -0.39 is 0 Å². The number of hydrogen-bond donors (Lipinski definition) is 0. The molecule has 3 rings (SSSR count). The summed E-state index contributed by atoms with van der Waals surface area (Å²) in [4.78, 5) is 0. The Kier molecular flexibility index (Phi) is 3.47. The Labute approximate surface area is 135 Å². The van der Waals surface area contributed by atoms with Crippen LogP contribution in [0.2, 0.25) is 0 Å². The summed E-state index contributed by atoms with van der Waals surface area (Å²) in [5.74, 6) is 0.475. The molecular formula is C22H28. The fraction of sp³-hybridized carbons (Fsp3) is 0.455. The number of allylic oxidation sites excluding steroid dienone is 6. The summed E-state index contributed by atoms with van der Waals surface area (Å²) in [7, 11) is 0. The molecule has 2 aliphatic rings. The van der Waals surface area contributed by atoms with Crippen LogP contribution in [0.15, 0.2) is 53.6 Å². The molecule has 0 N–H and O–H groups in total. The largest absolute Gasteiger partial charge is 0.0718 e. The Morgan fingerprint density at radius 1 is 0.955 bits per heavy atom. The number of benzene rings is 1. The van der Waals surface area contributed by atoms with Crippen LogP contribution >= 0.6 is 0 Å². The predicted octanol–water partition coefficient (Wildman–Crippen LogP) is 6.52. The molecule has 0 nitrogen and oxygen atoms in total. The molecule has 1 unspecified atom stereocenters. The number of rotatable bonds is 2. The highest BCUT2D eigenvalue weighted by molar-refractivity contribution is 5.78. The zero-order chi connectivity index (χ0) is 16.1. The van der Waals surface area contributed by atoms with E-state index >= 15 is 0 Å². The van der Waals surface area contributed by atoms with Gasteiger partial charge in [0.05, 0.1) is 0 Å². The molecule has 1 aromatic carbocycles. The molecule has 22 heavy (non-hydrogen) atoms. The van der Waals surface area contributed by atoms with Gasteiger partial charge in [-0.3, -0.25) is 0 Å². The quantitative estimate of drug-likeness (QED) is 0.582. The van der Waals surface area contributed by atoms with Crippen LogP contribution in [0.5, 0.6) is 0 Å². The second-order valence-electron chi connectivity index (χ2n) is 8.50. The van der Waals surface area contributed by atoms with E-state index in [9.17, 15) is 0 Å². The van der Waals surface area contributed by atoms with Crippen LogP contribution in [0.4, 0.5) is 0 Å². The van der Waals surface area contributed by atoms with E-state index in [4.69, 9.17) is 0 Å². The zero-order valence-electron chi connectivity index (χ0n) is 14.8. The second-order valence-corrected chi connectivity index (χ2v) is 8.50. The van der Waals surface area contributed by atoms with E-state index in [0.29, 0.717) is 5.92 Å². The summed E-state index contributed by atoms with van der Waals surface area (Å²) in [6.07, 6.45) is 8.30. The molecule has 1 aromatic rings. The Hall–Kier alpha value is -1.56. The van der Waals surface area contributed by atoms with E-state index in [-0.39, 0.29) is 10.8 Å². The van der Waals surface area contributed by atoms with Crippen molar-refractivity contribution in [1.82, 2.24) is 0 Å². The SMILES string of the molecule is CC1=CC=C(C(C)(C)C2C=C(C(C)(C)C)c3ccccc32)C1. The van der Waals surface area contributed by atoms with Gasteiger partial charge in [0.25, 0.3) is 0 Å². The van der Waals surface area contributed by atoms with E-state index in [2.05, 4.69) is 84.0 Å². The van der Waals surface area contributed by atoms with Gasteiger partial charge in [0.15, 0.2) is 0 Å². The number of hydrogen-bond acceptors (Lipinski definition) is 0. The van der Waals surface area contributed by atoms with Crippen molar-refractivity contribution in [3.8, 4) is 0 Å². The first-order valence-electron chi connectivity index (χ1n) is 8.39. The zero-order valence-corrected chi connectivity index (χ0v) is 14.8. The van der Waals surface area contributed by atoms with Crippen molar-refractivity contribution in [2.45, 2.75) is 53.9 Å². The van der Waals surface area contributed by atoms with Gasteiger partial charge in [0.1, 0.15) is 0 Å².